The van der Waals surface area contributed by atoms with Gasteiger partial charge in [0.05, 0.1) is 10.9 Å². The molecule has 1 amide bonds. The maximum atomic E-state index is 12.2. The van der Waals surface area contributed by atoms with Gasteiger partial charge in [-0.25, -0.2) is 8.42 Å². The van der Waals surface area contributed by atoms with Crippen LogP contribution in [0, 0.1) is 6.92 Å². The highest BCUT2D eigenvalue weighted by atomic mass is 79.9. The SMILES string of the molecule is CNC(=O)C(C)NS(=O)(=O)c1cc(Br)c(C)cc1Br. The molecule has 0 bridgehead atoms. The number of halogens is 2. The fraction of sp³-hybridized carbons (Fsp3) is 0.364. The fourth-order valence-corrected chi connectivity index (χ4v) is 4.28. The summed E-state index contributed by atoms with van der Waals surface area (Å²) in [6.07, 6.45) is 0. The second kappa shape index (κ2) is 6.34. The Labute approximate surface area is 129 Å². The van der Waals surface area contributed by atoms with E-state index in [9.17, 15) is 13.2 Å². The summed E-state index contributed by atoms with van der Waals surface area (Å²) >= 11 is 6.51. The third-order valence-corrected chi connectivity index (χ3v) is 5.83. The molecule has 0 fully saturated rings. The van der Waals surface area contributed by atoms with E-state index in [2.05, 4.69) is 41.9 Å². The molecule has 1 atom stereocenters. The van der Waals surface area contributed by atoms with Crippen LogP contribution in [0.3, 0.4) is 0 Å². The summed E-state index contributed by atoms with van der Waals surface area (Å²) in [6.45, 7) is 3.33. The van der Waals surface area contributed by atoms with Crippen LogP contribution in [-0.2, 0) is 14.8 Å². The van der Waals surface area contributed by atoms with Gasteiger partial charge in [0.15, 0.2) is 0 Å². The maximum Gasteiger partial charge on any atom is 0.242 e. The number of carbonyl (C=O) groups excluding carboxylic acids is 1. The highest BCUT2D eigenvalue weighted by Gasteiger charge is 2.24. The van der Waals surface area contributed by atoms with Crippen LogP contribution in [-0.4, -0.2) is 27.4 Å². The summed E-state index contributed by atoms with van der Waals surface area (Å²) < 4.78 is 27.9. The summed E-state index contributed by atoms with van der Waals surface area (Å²) in [5.41, 5.74) is 0.908. The highest BCUT2D eigenvalue weighted by Crippen LogP contribution is 2.28. The molecule has 106 valence electrons. The van der Waals surface area contributed by atoms with Gasteiger partial charge in [-0.15, -0.1) is 0 Å². The molecule has 2 N–H and O–H groups in total. The molecule has 1 aromatic rings. The van der Waals surface area contributed by atoms with Crippen molar-refractivity contribution in [3.63, 3.8) is 0 Å². The minimum atomic E-state index is -3.77. The van der Waals surface area contributed by atoms with Crippen molar-refractivity contribution < 1.29 is 13.2 Å². The average Bonchev–Trinajstić information content (AvgIpc) is 2.31. The van der Waals surface area contributed by atoms with Gasteiger partial charge in [-0.3, -0.25) is 4.79 Å². The molecule has 0 saturated carbocycles. The third kappa shape index (κ3) is 4.01. The van der Waals surface area contributed by atoms with Crippen LogP contribution in [0.5, 0.6) is 0 Å². The standard InChI is InChI=1S/C11H14Br2N2O3S/c1-6-4-9(13)10(5-8(6)12)19(17,18)15-7(2)11(16)14-3/h4-5,7,15H,1-3H3,(H,14,16). The summed E-state index contributed by atoms with van der Waals surface area (Å²) in [6, 6.07) is 2.35. The van der Waals surface area contributed by atoms with Crippen LogP contribution < -0.4 is 10.0 Å². The van der Waals surface area contributed by atoms with Crippen molar-refractivity contribution in [3.8, 4) is 0 Å². The van der Waals surface area contributed by atoms with Crippen LogP contribution >= 0.6 is 31.9 Å². The lowest BCUT2D eigenvalue weighted by Gasteiger charge is -2.14. The second-order valence-electron chi connectivity index (χ2n) is 3.99. The Bertz CT molecular complexity index is 602. The lowest BCUT2D eigenvalue weighted by atomic mass is 10.2. The Kier molecular flexibility index (Phi) is 5.54. The number of hydrogen-bond donors (Lipinski definition) is 2. The van der Waals surface area contributed by atoms with E-state index in [0.29, 0.717) is 8.95 Å². The fourth-order valence-electron chi connectivity index (χ4n) is 1.40. The van der Waals surface area contributed by atoms with E-state index in [4.69, 9.17) is 0 Å². The Balaban J connectivity index is 3.14. The molecule has 0 aliphatic rings. The molecule has 1 aromatic carbocycles. The lowest BCUT2D eigenvalue weighted by molar-refractivity contribution is -0.121. The van der Waals surface area contributed by atoms with E-state index >= 15 is 0 Å². The van der Waals surface area contributed by atoms with Crippen LogP contribution in [0.15, 0.2) is 26.0 Å². The van der Waals surface area contributed by atoms with Gasteiger partial charge in [-0.05, 0) is 47.5 Å². The van der Waals surface area contributed by atoms with E-state index in [-0.39, 0.29) is 4.90 Å². The number of benzene rings is 1. The quantitative estimate of drug-likeness (QED) is 0.791. The molecule has 0 spiro atoms. The Morgan fingerprint density at radius 1 is 1.26 bits per heavy atom. The minimum absolute atomic E-state index is 0.0840. The molecule has 0 radical (unpaired) electrons. The van der Waals surface area contributed by atoms with Crippen molar-refractivity contribution in [2.75, 3.05) is 7.05 Å². The minimum Gasteiger partial charge on any atom is -0.358 e. The summed E-state index contributed by atoms with van der Waals surface area (Å²) in [5.74, 6) is -0.397. The van der Waals surface area contributed by atoms with E-state index in [1.165, 1.54) is 20.0 Å². The molecule has 0 aliphatic carbocycles. The predicted molar refractivity (Wildman–Crippen MR) is 80.4 cm³/mol. The van der Waals surface area contributed by atoms with Gasteiger partial charge in [-0.2, -0.15) is 4.72 Å². The summed E-state index contributed by atoms with van der Waals surface area (Å²) in [5, 5.41) is 2.39. The van der Waals surface area contributed by atoms with E-state index in [1.54, 1.807) is 6.07 Å². The molecular weight excluding hydrogens is 400 g/mol. The van der Waals surface area contributed by atoms with Gasteiger partial charge in [0.25, 0.3) is 0 Å². The molecule has 19 heavy (non-hydrogen) atoms. The number of carbonyl (C=O) groups is 1. The zero-order valence-electron chi connectivity index (χ0n) is 10.6. The van der Waals surface area contributed by atoms with E-state index in [0.717, 1.165) is 5.56 Å². The van der Waals surface area contributed by atoms with Crippen LogP contribution in [0.2, 0.25) is 0 Å². The van der Waals surface area contributed by atoms with Crippen molar-refractivity contribution in [2.45, 2.75) is 24.8 Å². The van der Waals surface area contributed by atoms with Crippen LogP contribution in [0.25, 0.3) is 0 Å². The zero-order chi connectivity index (χ0) is 14.8. The molecule has 8 heteroatoms. The first-order chi connectivity index (χ1) is 8.69. The number of hydrogen-bond acceptors (Lipinski definition) is 3. The first-order valence-electron chi connectivity index (χ1n) is 5.38. The first-order valence-corrected chi connectivity index (χ1v) is 8.45. The number of likely N-dealkylation sites (N-methyl/N-ethyl adjacent to an activating group) is 1. The maximum absolute atomic E-state index is 12.2. The topological polar surface area (TPSA) is 75.3 Å². The smallest absolute Gasteiger partial charge is 0.242 e. The van der Waals surface area contributed by atoms with Crippen LogP contribution in [0.1, 0.15) is 12.5 Å². The van der Waals surface area contributed by atoms with Crippen molar-refractivity contribution in [1.29, 1.82) is 0 Å². The molecule has 0 heterocycles. The summed E-state index contributed by atoms with van der Waals surface area (Å²) in [7, 11) is -2.32. The van der Waals surface area contributed by atoms with Gasteiger partial charge in [0, 0.05) is 16.0 Å². The largest absolute Gasteiger partial charge is 0.358 e. The normalized spacial score (nSPS) is 13.1. The Morgan fingerprint density at radius 2 is 1.84 bits per heavy atom. The molecule has 0 aromatic heterocycles. The number of amides is 1. The van der Waals surface area contributed by atoms with Crippen molar-refractivity contribution >= 4 is 47.8 Å². The number of rotatable bonds is 4. The monoisotopic (exact) mass is 412 g/mol. The zero-order valence-corrected chi connectivity index (χ0v) is 14.6. The van der Waals surface area contributed by atoms with E-state index < -0.39 is 22.0 Å². The van der Waals surface area contributed by atoms with Crippen molar-refractivity contribution in [1.82, 2.24) is 10.0 Å². The molecule has 0 saturated heterocycles. The Hall–Kier alpha value is -0.440. The van der Waals surface area contributed by atoms with E-state index in [1.807, 2.05) is 6.92 Å². The molecule has 1 rings (SSSR count). The molecule has 1 unspecified atom stereocenters. The van der Waals surface area contributed by atoms with Crippen LogP contribution in [0.4, 0.5) is 0 Å². The van der Waals surface area contributed by atoms with Gasteiger partial charge < -0.3 is 5.32 Å². The third-order valence-electron chi connectivity index (χ3n) is 2.47. The van der Waals surface area contributed by atoms with Gasteiger partial charge in [0.2, 0.25) is 15.9 Å². The lowest BCUT2D eigenvalue weighted by Crippen LogP contribution is -2.43. The average molecular weight is 414 g/mol. The van der Waals surface area contributed by atoms with Crippen molar-refractivity contribution in [2.24, 2.45) is 0 Å². The van der Waals surface area contributed by atoms with Gasteiger partial charge in [-0.1, -0.05) is 15.9 Å². The van der Waals surface area contributed by atoms with Gasteiger partial charge in [0.1, 0.15) is 0 Å². The predicted octanol–water partition coefficient (Wildman–Crippen LogP) is 1.93. The summed E-state index contributed by atoms with van der Waals surface area (Å²) in [4.78, 5) is 11.5. The van der Waals surface area contributed by atoms with Crippen molar-refractivity contribution in [3.05, 3.63) is 26.6 Å². The Morgan fingerprint density at radius 3 is 2.37 bits per heavy atom. The molecular formula is C11H14Br2N2O3S. The first kappa shape index (κ1) is 16.6. The molecule has 0 aliphatic heterocycles. The highest BCUT2D eigenvalue weighted by molar-refractivity contribution is 9.11. The number of nitrogens with one attached hydrogen (secondary N) is 2. The molecule has 5 nitrogen and oxygen atoms in total. The number of aryl methyl sites for hydroxylation is 1. The van der Waals surface area contributed by atoms with Gasteiger partial charge >= 0.3 is 0 Å². The second-order valence-corrected chi connectivity index (χ2v) is 7.38. The number of sulfonamides is 1.